The van der Waals surface area contributed by atoms with E-state index in [9.17, 15) is 0 Å². The predicted octanol–water partition coefficient (Wildman–Crippen LogP) is 0.0398. The van der Waals surface area contributed by atoms with Crippen LogP contribution in [0, 0.1) is 0 Å². The van der Waals surface area contributed by atoms with Crippen molar-refractivity contribution in [2.45, 2.75) is 45.3 Å². The summed E-state index contributed by atoms with van der Waals surface area (Å²) in [6.07, 6.45) is 3.49. The summed E-state index contributed by atoms with van der Waals surface area (Å²) in [5.74, 6) is 0.905. The van der Waals surface area contributed by atoms with Crippen LogP contribution in [0.5, 0.6) is 0 Å². The first-order valence-electron chi connectivity index (χ1n) is 5.95. The Hall–Kier alpha value is -1.01. The molecule has 0 amide bonds. The van der Waals surface area contributed by atoms with Gasteiger partial charge in [0.15, 0.2) is 5.82 Å². The molecule has 0 spiro atoms. The smallest absolute Gasteiger partial charge is 0.165 e. The molecule has 1 N–H and O–H groups in total. The van der Waals surface area contributed by atoms with Gasteiger partial charge in [-0.05, 0) is 29.7 Å². The lowest BCUT2D eigenvalue weighted by atomic mass is 10.4. The zero-order valence-electron chi connectivity index (χ0n) is 9.71. The van der Waals surface area contributed by atoms with E-state index >= 15 is 0 Å². The van der Waals surface area contributed by atoms with Gasteiger partial charge in [0.1, 0.15) is 0 Å². The van der Waals surface area contributed by atoms with Crippen LogP contribution >= 0.6 is 0 Å². The highest BCUT2D eigenvalue weighted by molar-refractivity contribution is 4.89. The molecule has 1 aromatic rings. The summed E-state index contributed by atoms with van der Waals surface area (Å²) in [6.45, 7) is 4.63. The zero-order valence-corrected chi connectivity index (χ0v) is 9.71. The third-order valence-corrected chi connectivity index (χ3v) is 2.84. The van der Waals surface area contributed by atoms with Crippen molar-refractivity contribution >= 4 is 0 Å². The Morgan fingerprint density at radius 2 is 2.31 bits per heavy atom. The molecule has 2 rings (SSSR count). The molecule has 0 saturated heterocycles. The molecule has 1 aromatic heterocycles. The molecule has 1 saturated carbocycles. The molecular formula is C10H19N5O. The van der Waals surface area contributed by atoms with Crippen LogP contribution < -0.4 is 0 Å². The lowest BCUT2D eigenvalue weighted by Crippen LogP contribution is -2.30. The van der Waals surface area contributed by atoms with Crippen LogP contribution in [0.1, 0.15) is 32.0 Å². The Morgan fingerprint density at radius 3 is 2.94 bits per heavy atom. The number of aromatic nitrogens is 4. The third-order valence-electron chi connectivity index (χ3n) is 2.84. The maximum atomic E-state index is 9.01. The topological polar surface area (TPSA) is 67.1 Å². The summed E-state index contributed by atoms with van der Waals surface area (Å²) in [6, 6.07) is 0.624. The van der Waals surface area contributed by atoms with Crippen LogP contribution in [0.2, 0.25) is 0 Å². The minimum Gasteiger partial charge on any atom is -0.395 e. The normalized spacial score (nSPS) is 15.9. The second-order valence-electron chi connectivity index (χ2n) is 4.24. The van der Waals surface area contributed by atoms with Crippen molar-refractivity contribution in [3.05, 3.63) is 5.82 Å². The Morgan fingerprint density at radius 1 is 1.50 bits per heavy atom. The molecule has 0 bridgehead atoms. The molecule has 90 valence electrons. The van der Waals surface area contributed by atoms with Crippen LogP contribution in [0.25, 0.3) is 0 Å². The molecule has 1 fully saturated rings. The molecule has 0 atom stereocenters. The minimum absolute atomic E-state index is 0.200. The van der Waals surface area contributed by atoms with Crippen LogP contribution in [-0.2, 0) is 13.1 Å². The standard InChI is InChI=1S/C10H19N5O/c1-2-5-15-10(11-12-13-15)8-14(6-7-16)9-3-4-9/h9,16H,2-8H2,1H3. The van der Waals surface area contributed by atoms with Crippen molar-refractivity contribution in [1.29, 1.82) is 0 Å². The molecule has 6 heteroatoms. The molecule has 0 aliphatic heterocycles. The molecule has 0 aromatic carbocycles. The van der Waals surface area contributed by atoms with Crippen molar-refractivity contribution in [3.63, 3.8) is 0 Å². The first-order chi connectivity index (χ1) is 7.85. The van der Waals surface area contributed by atoms with Crippen molar-refractivity contribution in [2.24, 2.45) is 0 Å². The number of hydrogen-bond donors (Lipinski definition) is 1. The molecular weight excluding hydrogens is 206 g/mol. The SMILES string of the molecule is CCCn1nnnc1CN(CCO)C1CC1. The lowest BCUT2D eigenvalue weighted by molar-refractivity contribution is 0.178. The number of aliphatic hydroxyl groups excluding tert-OH is 1. The van der Waals surface area contributed by atoms with Crippen LogP contribution in [-0.4, -0.2) is 49.4 Å². The fourth-order valence-electron chi connectivity index (χ4n) is 1.86. The monoisotopic (exact) mass is 225 g/mol. The maximum Gasteiger partial charge on any atom is 0.165 e. The Bertz CT molecular complexity index is 323. The highest BCUT2D eigenvalue weighted by Crippen LogP contribution is 2.27. The van der Waals surface area contributed by atoms with Crippen LogP contribution in [0.4, 0.5) is 0 Å². The largest absolute Gasteiger partial charge is 0.395 e. The van der Waals surface area contributed by atoms with Gasteiger partial charge in [-0.3, -0.25) is 4.90 Å². The van der Waals surface area contributed by atoms with E-state index in [0.29, 0.717) is 12.6 Å². The van der Waals surface area contributed by atoms with Gasteiger partial charge in [-0.1, -0.05) is 6.92 Å². The summed E-state index contributed by atoms with van der Waals surface area (Å²) >= 11 is 0. The summed E-state index contributed by atoms with van der Waals surface area (Å²) in [5, 5.41) is 20.7. The van der Waals surface area contributed by atoms with Crippen molar-refractivity contribution < 1.29 is 5.11 Å². The molecule has 1 heterocycles. The van der Waals surface area contributed by atoms with Gasteiger partial charge in [0.2, 0.25) is 0 Å². The van der Waals surface area contributed by atoms with E-state index in [1.807, 2.05) is 4.68 Å². The first kappa shape index (κ1) is 11.5. The van der Waals surface area contributed by atoms with Crippen molar-refractivity contribution in [1.82, 2.24) is 25.1 Å². The lowest BCUT2D eigenvalue weighted by Gasteiger charge is -2.19. The van der Waals surface area contributed by atoms with Gasteiger partial charge in [0, 0.05) is 19.1 Å². The number of aryl methyl sites for hydroxylation is 1. The summed E-state index contributed by atoms with van der Waals surface area (Å²) in [4.78, 5) is 2.26. The molecule has 0 unspecified atom stereocenters. The maximum absolute atomic E-state index is 9.01. The van der Waals surface area contributed by atoms with Gasteiger partial charge in [0.05, 0.1) is 13.2 Å². The molecule has 0 radical (unpaired) electrons. The predicted molar refractivity (Wildman–Crippen MR) is 58.6 cm³/mol. The molecule has 1 aliphatic rings. The van der Waals surface area contributed by atoms with E-state index in [4.69, 9.17) is 5.11 Å². The van der Waals surface area contributed by atoms with Gasteiger partial charge in [-0.25, -0.2) is 4.68 Å². The highest BCUT2D eigenvalue weighted by atomic mass is 16.3. The number of aliphatic hydroxyl groups is 1. The second-order valence-corrected chi connectivity index (χ2v) is 4.24. The van der Waals surface area contributed by atoms with E-state index < -0.39 is 0 Å². The van der Waals surface area contributed by atoms with Crippen LogP contribution in [0.15, 0.2) is 0 Å². The highest BCUT2D eigenvalue weighted by Gasteiger charge is 2.29. The van der Waals surface area contributed by atoms with E-state index in [0.717, 1.165) is 25.3 Å². The van der Waals surface area contributed by atoms with Gasteiger partial charge in [0.25, 0.3) is 0 Å². The fourth-order valence-corrected chi connectivity index (χ4v) is 1.86. The van der Waals surface area contributed by atoms with Gasteiger partial charge in [-0.2, -0.15) is 0 Å². The summed E-state index contributed by atoms with van der Waals surface area (Å²) in [5.41, 5.74) is 0. The Kier molecular flexibility index (Phi) is 3.84. The summed E-state index contributed by atoms with van der Waals surface area (Å²) < 4.78 is 1.85. The Balaban J connectivity index is 1.97. The number of tetrazole rings is 1. The van der Waals surface area contributed by atoms with Gasteiger partial charge >= 0.3 is 0 Å². The molecule has 16 heavy (non-hydrogen) atoms. The fraction of sp³-hybridized carbons (Fsp3) is 0.900. The Labute approximate surface area is 95.2 Å². The molecule has 1 aliphatic carbocycles. The first-order valence-corrected chi connectivity index (χ1v) is 5.95. The third kappa shape index (κ3) is 2.76. The summed E-state index contributed by atoms with van der Waals surface area (Å²) in [7, 11) is 0. The van der Waals surface area contributed by atoms with Gasteiger partial charge < -0.3 is 5.11 Å². The van der Waals surface area contributed by atoms with E-state index in [2.05, 4.69) is 27.3 Å². The zero-order chi connectivity index (χ0) is 11.4. The van der Waals surface area contributed by atoms with E-state index in [-0.39, 0.29) is 6.61 Å². The molecule has 6 nitrogen and oxygen atoms in total. The average Bonchev–Trinajstić information content (AvgIpc) is 3.03. The number of hydrogen-bond acceptors (Lipinski definition) is 5. The van der Waals surface area contributed by atoms with Crippen LogP contribution in [0.3, 0.4) is 0 Å². The second kappa shape index (κ2) is 5.36. The minimum atomic E-state index is 0.200. The van der Waals surface area contributed by atoms with E-state index in [1.165, 1.54) is 12.8 Å². The van der Waals surface area contributed by atoms with Gasteiger partial charge in [-0.15, -0.1) is 5.10 Å². The quantitative estimate of drug-likeness (QED) is 0.709. The van der Waals surface area contributed by atoms with E-state index in [1.54, 1.807) is 0 Å². The van der Waals surface area contributed by atoms with Crippen molar-refractivity contribution in [2.75, 3.05) is 13.2 Å². The van der Waals surface area contributed by atoms with Crippen molar-refractivity contribution in [3.8, 4) is 0 Å². The number of rotatable bonds is 7. The average molecular weight is 225 g/mol. The number of nitrogens with zero attached hydrogens (tertiary/aromatic N) is 5.